The van der Waals surface area contributed by atoms with Gasteiger partial charge in [-0.3, -0.25) is 4.98 Å². The molecule has 25 heavy (non-hydrogen) atoms. The SMILES string of the molecule is Cn1cncc1-c1cccc(CC2CCN(c3ccncn3)CC2)n1. The predicted octanol–water partition coefficient (Wildman–Crippen LogP) is 2.73. The van der Waals surface area contributed by atoms with E-state index in [9.17, 15) is 0 Å². The van der Waals surface area contributed by atoms with Crippen LogP contribution in [0.1, 0.15) is 18.5 Å². The molecule has 0 atom stereocenters. The van der Waals surface area contributed by atoms with E-state index in [1.807, 2.05) is 36.4 Å². The molecule has 128 valence electrons. The van der Waals surface area contributed by atoms with Crippen molar-refractivity contribution < 1.29 is 0 Å². The first-order chi connectivity index (χ1) is 12.3. The molecule has 3 aromatic rings. The summed E-state index contributed by atoms with van der Waals surface area (Å²) in [5, 5.41) is 0. The van der Waals surface area contributed by atoms with Gasteiger partial charge in [0.05, 0.1) is 23.9 Å². The van der Waals surface area contributed by atoms with Crippen LogP contribution in [0.5, 0.6) is 0 Å². The second-order valence-corrected chi connectivity index (χ2v) is 6.61. The van der Waals surface area contributed by atoms with Crippen LogP contribution < -0.4 is 4.90 Å². The molecule has 0 amide bonds. The fourth-order valence-electron chi connectivity index (χ4n) is 3.47. The van der Waals surface area contributed by atoms with E-state index in [1.165, 1.54) is 18.5 Å². The minimum absolute atomic E-state index is 0.673. The predicted molar refractivity (Wildman–Crippen MR) is 97.1 cm³/mol. The van der Waals surface area contributed by atoms with Crippen LogP contribution in [-0.2, 0) is 13.5 Å². The van der Waals surface area contributed by atoms with Gasteiger partial charge in [0.25, 0.3) is 0 Å². The number of anilines is 1. The number of imidazole rings is 1. The Labute approximate surface area is 147 Å². The van der Waals surface area contributed by atoms with Crippen molar-refractivity contribution in [1.29, 1.82) is 0 Å². The lowest BCUT2D eigenvalue weighted by atomic mass is 9.92. The largest absolute Gasteiger partial charge is 0.357 e. The zero-order chi connectivity index (χ0) is 17.1. The Kier molecular flexibility index (Phi) is 4.41. The smallest absolute Gasteiger partial charge is 0.131 e. The molecule has 0 radical (unpaired) electrons. The van der Waals surface area contributed by atoms with Gasteiger partial charge in [-0.2, -0.15) is 0 Å². The van der Waals surface area contributed by atoms with Crippen molar-refractivity contribution in [2.75, 3.05) is 18.0 Å². The lowest BCUT2D eigenvalue weighted by Crippen LogP contribution is -2.34. The fraction of sp³-hybridized carbons (Fsp3) is 0.368. The fourth-order valence-corrected chi connectivity index (χ4v) is 3.47. The van der Waals surface area contributed by atoms with Crippen LogP contribution in [0.15, 0.2) is 49.3 Å². The average molecular weight is 334 g/mol. The van der Waals surface area contributed by atoms with Crippen molar-refractivity contribution in [2.45, 2.75) is 19.3 Å². The van der Waals surface area contributed by atoms with Crippen LogP contribution in [0.3, 0.4) is 0 Å². The van der Waals surface area contributed by atoms with Gasteiger partial charge in [0.15, 0.2) is 0 Å². The van der Waals surface area contributed by atoms with Crippen LogP contribution in [-0.4, -0.2) is 37.6 Å². The number of nitrogens with zero attached hydrogens (tertiary/aromatic N) is 6. The third-order valence-electron chi connectivity index (χ3n) is 4.89. The molecule has 6 nitrogen and oxygen atoms in total. The maximum Gasteiger partial charge on any atom is 0.131 e. The standard InChI is InChI=1S/C19H22N6/c1-24-14-21-12-18(24)17-4-2-3-16(23-17)11-15-6-9-25(10-7-15)19-5-8-20-13-22-19/h2-5,8,12-15H,6-7,9-11H2,1H3. The minimum atomic E-state index is 0.673. The normalized spacial score (nSPS) is 15.5. The first kappa shape index (κ1) is 15.7. The van der Waals surface area contributed by atoms with E-state index < -0.39 is 0 Å². The highest BCUT2D eigenvalue weighted by atomic mass is 15.2. The maximum absolute atomic E-state index is 4.85. The number of aromatic nitrogens is 5. The van der Waals surface area contributed by atoms with Crippen molar-refractivity contribution >= 4 is 5.82 Å². The average Bonchev–Trinajstić information content (AvgIpc) is 3.09. The number of aryl methyl sites for hydroxylation is 1. The molecule has 0 bridgehead atoms. The molecule has 1 aliphatic rings. The highest BCUT2D eigenvalue weighted by molar-refractivity contribution is 5.53. The number of piperidine rings is 1. The van der Waals surface area contributed by atoms with Crippen molar-refractivity contribution in [2.24, 2.45) is 13.0 Å². The van der Waals surface area contributed by atoms with Gasteiger partial charge in [0, 0.05) is 32.0 Å². The van der Waals surface area contributed by atoms with Crippen LogP contribution >= 0.6 is 0 Å². The van der Waals surface area contributed by atoms with E-state index in [4.69, 9.17) is 4.98 Å². The van der Waals surface area contributed by atoms with Crippen LogP contribution in [0, 0.1) is 5.92 Å². The summed E-state index contributed by atoms with van der Waals surface area (Å²) in [6.07, 6.45) is 10.5. The molecule has 4 rings (SSSR count). The molecule has 0 spiro atoms. The van der Waals surface area contributed by atoms with Crippen LogP contribution in [0.4, 0.5) is 5.82 Å². The Balaban J connectivity index is 1.40. The van der Waals surface area contributed by atoms with Crippen LogP contribution in [0.2, 0.25) is 0 Å². The molecule has 6 heteroatoms. The van der Waals surface area contributed by atoms with E-state index in [0.717, 1.165) is 36.7 Å². The van der Waals surface area contributed by atoms with Gasteiger partial charge in [-0.1, -0.05) is 6.07 Å². The Bertz CT molecular complexity index is 821. The van der Waals surface area contributed by atoms with E-state index in [2.05, 4.69) is 38.1 Å². The zero-order valence-electron chi connectivity index (χ0n) is 14.4. The third kappa shape index (κ3) is 3.52. The summed E-state index contributed by atoms with van der Waals surface area (Å²) in [6, 6.07) is 8.27. The van der Waals surface area contributed by atoms with Crippen molar-refractivity contribution in [3.05, 3.63) is 55.0 Å². The molecular formula is C19H22N6. The second kappa shape index (κ2) is 7.01. The van der Waals surface area contributed by atoms with Crippen molar-refractivity contribution in [3.63, 3.8) is 0 Å². The highest BCUT2D eigenvalue weighted by Gasteiger charge is 2.21. The molecule has 1 saturated heterocycles. The molecule has 0 aliphatic carbocycles. The zero-order valence-corrected chi connectivity index (χ0v) is 14.4. The van der Waals surface area contributed by atoms with Crippen molar-refractivity contribution in [3.8, 4) is 11.4 Å². The molecule has 0 aromatic carbocycles. The molecular weight excluding hydrogens is 312 g/mol. The van der Waals surface area contributed by atoms with Gasteiger partial charge >= 0.3 is 0 Å². The van der Waals surface area contributed by atoms with Gasteiger partial charge in [-0.15, -0.1) is 0 Å². The molecule has 0 N–H and O–H groups in total. The molecule has 0 unspecified atom stereocenters. The monoisotopic (exact) mass is 334 g/mol. The van der Waals surface area contributed by atoms with Gasteiger partial charge in [0.2, 0.25) is 0 Å². The molecule has 1 aliphatic heterocycles. The summed E-state index contributed by atoms with van der Waals surface area (Å²) in [5.41, 5.74) is 3.22. The topological polar surface area (TPSA) is 59.7 Å². The van der Waals surface area contributed by atoms with Gasteiger partial charge in [-0.25, -0.2) is 15.0 Å². The van der Waals surface area contributed by atoms with Gasteiger partial charge < -0.3 is 9.47 Å². The number of hydrogen-bond donors (Lipinski definition) is 0. The summed E-state index contributed by atoms with van der Waals surface area (Å²) < 4.78 is 2.01. The number of rotatable bonds is 4. The highest BCUT2D eigenvalue weighted by Crippen LogP contribution is 2.25. The van der Waals surface area contributed by atoms with Gasteiger partial charge in [-0.05, 0) is 43.4 Å². The summed E-state index contributed by atoms with van der Waals surface area (Å²) in [5.74, 6) is 1.71. The third-order valence-corrected chi connectivity index (χ3v) is 4.89. The second-order valence-electron chi connectivity index (χ2n) is 6.61. The first-order valence-corrected chi connectivity index (χ1v) is 8.73. The first-order valence-electron chi connectivity index (χ1n) is 8.73. The number of pyridine rings is 1. The molecule has 0 saturated carbocycles. The quantitative estimate of drug-likeness (QED) is 0.734. The van der Waals surface area contributed by atoms with E-state index in [1.54, 1.807) is 6.33 Å². The Morgan fingerprint density at radius 1 is 1.12 bits per heavy atom. The lowest BCUT2D eigenvalue weighted by molar-refractivity contribution is 0.399. The van der Waals surface area contributed by atoms with Crippen molar-refractivity contribution in [1.82, 2.24) is 24.5 Å². The van der Waals surface area contributed by atoms with Crippen LogP contribution in [0.25, 0.3) is 11.4 Å². The summed E-state index contributed by atoms with van der Waals surface area (Å²) >= 11 is 0. The lowest BCUT2D eigenvalue weighted by Gasteiger charge is -2.32. The number of hydrogen-bond acceptors (Lipinski definition) is 5. The summed E-state index contributed by atoms with van der Waals surface area (Å²) in [6.45, 7) is 2.09. The maximum atomic E-state index is 4.85. The molecule has 1 fully saturated rings. The summed E-state index contributed by atoms with van der Waals surface area (Å²) in [4.78, 5) is 19.7. The van der Waals surface area contributed by atoms with E-state index in [-0.39, 0.29) is 0 Å². The Morgan fingerprint density at radius 3 is 2.72 bits per heavy atom. The Hall–Kier alpha value is -2.76. The molecule has 3 aromatic heterocycles. The van der Waals surface area contributed by atoms with E-state index >= 15 is 0 Å². The summed E-state index contributed by atoms with van der Waals surface area (Å²) in [7, 11) is 2.00. The Morgan fingerprint density at radius 2 is 2.00 bits per heavy atom. The van der Waals surface area contributed by atoms with E-state index in [0.29, 0.717) is 5.92 Å². The minimum Gasteiger partial charge on any atom is -0.357 e. The van der Waals surface area contributed by atoms with Gasteiger partial charge in [0.1, 0.15) is 12.1 Å². The molecule has 4 heterocycles.